The summed E-state index contributed by atoms with van der Waals surface area (Å²) in [6, 6.07) is 8.79. The van der Waals surface area contributed by atoms with Crippen LogP contribution in [0.4, 0.5) is 5.69 Å². The summed E-state index contributed by atoms with van der Waals surface area (Å²) >= 11 is 0. The van der Waals surface area contributed by atoms with Crippen molar-refractivity contribution in [2.24, 2.45) is 0 Å². The number of nitrogens with two attached hydrogens (primary N) is 1. The molecular formula is C11H11N3O2. The fourth-order valence-corrected chi connectivity index (χ4v) is 1.18. The highest BCUT2D eigenvalue weighted by Crippen LogP contribution is 2.26. The van der Waals surface area contributed by atoms with Crippen molar-refractivity contribution in [3.63, 3.8) is 0 Å². The summed E-state index contributed by atoms with van der Waals surface area (Å²) in [6.07, 6.45) is 1.37. The van der Waals surface area contributed by atoms with E-state index >= 15 is 0 Å². The Bertz CT molecular complexity index is 488. The third-order valence-electron chi connectivity index (χ3n) is 1.96. The van der Waals surface area contributed by atoms with Crippen molar-refractivity contribution in [2.45, 2.75) is 0 Å². The lowest BCUT2D eigenvalue weighted by atomic mass is 10.3. The van der Waals surface area contributed by atoms with Crippen molar-refractivity contribution in [1.82, 2.24) is 9.97 Å². The van der Waals surface area contributed by atoms with Crippen LogP contribution in [0.2, 0.25) is 0 Å². The minimum absolute atomic E-state index is 0.393. The zero-order chi connectivity index (χ0) is 11.4. The van der Waals surface area contributed by atoms with E-state index in [0.717, 1.165) is 0 Å². The van der Waals surface area contributed by atoms with Crippen molar-refractivity contribution >= 4 is 5.69 Å². The van der Waals surface area contributed by atoms with Gasteiger partial charge in [-0.2, -0.15) is 0 Å². The van der Waals surface area contributed by atoms with Gasteiger partial charge in [0.25, 0.3) is 0 Å². The number of ether oxygens (including phenoxy) is 2. The van der Waals surface area contributed by atoms with Crippen LogP contribution in [-0.4, -0.2) is 17.1 Å². The molecule has 0 bridgehead atoms. The molecule has 1 heterocycles. The monoisotopic (exact) mass is 217 g/mol. The Kier molecular flexibility index (Phi) is 2.86. The number of benzene rings is 1. The number of nitrogens with zero attached hydrogens (tertiary/aromatic N) is 2. The standard InChI is InChI=1S/C11H11N3O2/c1-15-10-6-11(14-7-13-10)16-9-5-3-2-4-8(9)12/h2-7H,12H2,1H3. The molecule has 0 spiro atoms. The Labute approximate surface area is 92.9 Å². The van der Waals surface area contributed by atoms with Gasteiger partial charge in [0.15, 0.2) is 5.75 Å². The highest BCUT2D eigenvalue weighted by molar-refractivity contribution is 5.53. The summed E-state index contributed by atoms with van der Waals surface area (Å²) in [5, 5.41) is 0. The van der Waals surface area contributed by atoms with Crippen molar-refractivity contribution in [1.29, 1.82) is 0 Å². The smallest absolute Gasteiger partial charge is 0.226 e. The fraction of sp³-hybridized carbons (Fsp3) is 0.0909. The van der Waals surface area contributed by atoms with Crippen LogP contribution >= 0.6 is 0 Å². The number of hydrogen-bond donors (Lipinski definition) is 1. The van der Waals surface area contributed by atoms with E-state index in [9.17, 15) is 0 Å². The van der Waals surface area contributed by atoms with E-state index in [-0.39, 0.29) is 0 Å². The molecule has 5 nitrogen and oxygen atoms in total. The molecule has 0 fully saturated rings. The van der Waals surface area contributed by atoms with Gasteiger partial charge in [-0.15, -0.1) is 0 Å². The van der Waals surface area contributed by atoms with Crippen molar-refractivity contribution in [3.8, 4) is 17.5 Å². The molecule has 0 aliphatic rings. The van der Waals surface area contributed by atoms with Crippen LogP contribution in [0.15, 0.2) is 36.7 Å². The predicted octanol–water partition coefficient (Wildman–Crippen LogP) is 1.86. The summed E-state index contributed by atoms with van der Waals surface area (Å²) in [5.74, 6) is 1.40. The number of para-hydroxylation sites is 2. The Balaban J connectivity index is 2.24. The van der Waals surface area contributed by atoms with E-state index in [1.807, 2.05) is 12.1 Å². The van der Waals surface area contributed by atoms with Gasteiger partial charge < -0.3 is 15.2 Å². The zero-order valence-corrected chi connectivity index (χ0v) is 8.75. The lowest BCUT2D eigenvalue weighted by Gasteiger charge is -2.07. The SMILES string of the molecule is COc1cc(Oc2ccccc2N)ncn1. The molecule has 1 aromatic carbocycles. The third kappa shape index (κ3) is 2.20. The quantitative estimate of drug-likeness (QED) is 0.794. The molecule has 2 aromatic rings. The summed E-state index contributed by atoms with van der Waals surface area (Å²) in [6.45, 7) is 0. The first kappa shape index (κ1) is 10.2. The molecule has 5 heteroatoms. The van der Waals surface area contributed by atoms with Crippen LogP contribution in [0.1, 0.15) is 0 Å². The highest BCUT2D eigenvalue weighted by Gasteiger charge is 2.03. The summed E-state index contributed by atoms with van der Waals surface area (Å²) in [5.41, 5.74) is 6.29. The molecule has 0 aliphatic carbocycles. The fourth-order valence-electron chi connectivity index (χ4n) is 1.18. The maximum absolute atomic E-state index is 5.74. The summed E-state index contributed by atoms with van der Waals surface area (Å²) in [4.78, 5) is 7.83. The van der Waals surface area contributed by atoms with Crippen LogP contribution < -0.4 is 15.2 Å². The Morgan fingerprint density at radius 3 is 2.62 bits per heavy atom. The molecular weight excluding hydrogens is 206 g/mol. The number of hydrogen-bond acceptors (Lipinski definition) is 5. The Morgan fingerprint density at radius 2 is 1.88 bits per heavy atom. The molecule has 2 rings (SSSR count). The van der Waals surface area contributed by atoms with Crippen molar-refractivity contribution in [2.75, 3.05) is 12.8 Å². The largest absolute Gasteiger partial charge is 0.481 e. The van der Waals surface area contributed by atoms with Gasteiger partial charge in [0.1, 0.15) is 6.33 Å². The first-order valence-corrected chi connectivity index (χ1v) is 4.68. The molecule has 0 atom stereocenters. The topological polar surface area (TPSA) is 70.3 Å². The van der Waals surface area contributed by atoms with E-state index in [2.05, 4.69) is 9.97 Å². The predicted molar refractivity (Wildman–Crippen MR) is 59.5 cm³/mol. The van der Waals surface area contributed by atoms with Gasteiger partial charge in [0.2, 0.25) is 11.8 Å². The number of aromatic nitrogens is 2. The van der Waals surface area contributed by atoms with Gasteiger partial charge in [-0.3, -0.25) is 0 Å². The Hall–Kier alpha value is -2.30. The molecule has 1 aromatic heterocycles. The van der Waals surface area contributed by atoms with Gasteiger partial charge in [-0.25, -0.2) is 9.97 Å². The first-order valence-electron chi connectivity index (χ1n) is 4.68. The molecule has 0 saturated heterocycles. The average molecular weight is 217 g/mol. The molecule has 16 heavy (non-hydrogen) atoms. The van der Waals surface area contributed by atoms with Gasteiger partial charge in [0.05, 0.1) is 18.9 Å². The van der Waals surface area contributed by atoms with Gasteiger partial charge in [-0.1, -0.05) is 12.1 Å². The average Bonchev–Trinajstić information content (AvgIpc) is 2.32. The van der Waals surface area contributed by atoms with Crippen LogP contribution in [0.3, 0.4) is 0 Å². The highest BCUT2D eigenvalue weighted by atomic mass is 16.5. The second-order valence-electron chi connectivity index (χ2n) is 3.04. The maximum atomic E-state index is 5.74. The van der Waals surface area contributed by atoms with Gasteiger partial charge in [0, 0.05) is 0 Å². The number of rotatable bonds is 3. The lowest BCUT2D eigenvalue weighted by molar-refractivity contribution is 0.388. The minimum atomic E-state index is 0.393. The second-order valence-corrected chi connectivity index (χ2v) is 3.04. The lowest BCUT2D eigenvalue weighted by Crippen LogP contribution is -1.95. The van der Waals surface area contributed by atoms with Crippen LogP contribution in [0, 0.1) is 0 Å². The molecule has 0 radical (unpaired) electrons. The van der Waals surface area contributed by atoms with E-state index in [1.165, 1.54) is 13.4 Å². The summed E-state index contributed by atoms with van der Waals surface area (Å²) < 4.78 is 10.5. The molecule has 82 valence electrons. The molecule has 0 aliphatic heterocycles. The second kappa shape index (κ2) is 4.48. The van der Waals surface area contributed by atoms with E-state index in [1.54, 1.807) is 18.2 Å². The number of nitrogen functional groups attached to an aromatic ring is 1. The summed E-state index contributed by atoms with van der Waals surface area (Å²) in [7, 11) is 1.53. The van der Waals surface area contributed by atoms with Crippen LogP contribution in [0.25, 0.3) is 0 Å². The Morgan fingerprint density at radius 1 is 1.12 bits per heavy atom. The molecule has 0 amide bonds. The van der Waals surface area contributed by atoms with Crippen LogP contribution in [-0.2, 0) is 0 Å². The molecule has 0 saturated carbocycles. The van der Waals surface area contributed by atoms with Crippen molar-refractivity contribution < 1.29 is 9.47 Å². The van der Waals surface area contributed by atoms with Gasteiger partial charge >= 0.3 is 0 Å². The zero-order valence-electron chi connectivity index (χ0n) is 8.75. The van der Waals surface area contributed by atoms with E-state index in [4.69, 9.17) is 15.2 Å². The molecule has 2 N–H and O–H groups in total. The van der Waals surface area contributed by atoms with E-state index in [0.29, 0.717) is 23.2 Å². The maximum Gasteiger partial charge on any atom is 0.226 e. The minimum Gasteiger partial charge on any atom is -0.481 e. The number of methoxy groups -OCH3 is 1. The normalized spacial score (nSPS) is 9.81. The van der Waals surface area contributed by atoms with Crippen LogP contribution in [0.5, 0.6) is 17.5 Å². The third-order valence-corrected chi connectivity index (χ3v) is 1.96. The van der Waals surface area contributed by atoms with E-state index < -0.39 is 0 Å². The number of anilines is 1. The van der Waals surface area contributed by atoms with Crippen molar-refractivity contribution in [3.05, 3.63) is 36.7 Å². The van der Waals surface area contributed by atoms with Gasteiger partial charge in [-0.05, 0) is 12.1 Å². The first-order chi connectivity index (χ1) is 7.79. The molecule has 0 unspecified atom stereocenters.